The minimum Gasteiger partial charge on any atom is -0.377 e. The molecule has 4 aromatic heterocycles. The first-order chi connectivity index (χ1) is 13.2. The molecule has 0 saturated carbocycles. The predicted octanol–water partition coefficient (Wildman–Crippen LogP) is 1.97. The van der Waals surface area contributed by atoms with Crippen molar-refractivity contribution in [3.63, 3.8) is 0 Å². The maximum absolute atomic E-state index is 5.59. The number of morpholine rings is 1. The molecule has 1 atom stereocenters. The molecule has 1 aliphatic rings. The number of hydrogen-bond donors (Lipinski definition) is 2. The van der Waals surface area contributed by atoms with E-state index in [1.54, 1.807) is 12.4 Å². The van der Waals surface area contributed by atoms with Gasteiger partial charge in [-0.1, -0.05) is 0 Å². The first-order valence-electron chi connectivity index (χ1n) is 8.94. The Morgan fingerprint density at radius 3 is 2.85 bits per heavy atom. The second kappa shape index (κ2) is 6.20. The van der Waals surface area contributed by atoms with E-state index in [-0.39, 0.29) is 6.04 Å². The van der Waals surface area contributed by atoms with Gasteiger partial charge in [0, 0.05) is 31.5 Å². The van der Waals surface area contributed by atoms with Crippen LogP contribution in [0.25, 0.3) is 33.7 Å². The molecule has 1 saturated heterocycles. The molecule has 9 heteroatoms. The van der Waals surface area contributed by atoms with Crippen molar-refractivity contribution >= 4 is 16.9 Å². The zero-order chi connectivity index (χ0) is 18.4. The molecular formula is C18H20N8O. The summed E-state index contributed by atoms with van der Waals surface area (Å²) in [5.74, 6) is 0.914. The maximum Gasteiger partial charge on any atom is 0.130 e. The number of rotatable bonds is 3. The fourth-order valence-electron chi connectivity index (χ4n) is 3.61. The van der Waals surface area contributed by atoms with E-state index in [0.717, 1.165) is 46.0 Å². The monoisotopic (exact) mass is 364 g/mol. The molecular weight excluding hydrogens is 344 g/mol. The Balaban J connectivity index is 1.76. The summed E-state index contributed by atoms with van der Waals surface area (Å²) in [5, 5.41) is 19.0. The molecule has 0 aliphatic carbocycles. The Labute approximate surface area is 155 Å². The van der Waals surface area contributed by atoms with E-state index >= 15 is 0 Å². The topological polar surface area (TPSA) is 101 Å². The normalized spacial score (nSPS) is 17.7. The molecule has 0 bridgehead atoms. The number of hydrogen-bond acceptors (Lipinski definition) is 6. The zero-order valence-electron chi connectivity index (χ0n) is 15.2. The van der Waals surface area contributed by atoms with Crippen LogP contribution in [0, 0.1) is 0 Å². The number of nitrogens with zero attached hydrogens (tertiary/aromatic N) is 6. The van der Waals surface area contributed by atoms with Gasteiger partial charge in [-0.2, -0.15) is 15.3 Å². The highest BCUT2D eigenvalue weighted by Crippen LogP contribution is 2.34. The van der Waals surface area contributed by atoms with Gasteiger partial charge in [0.2, 0.25) is 0 Å². The van der Waals surface area contributed by atoms with Crippen LogP contribution in [0.15, 0.2) is 30.6 Å². The van der Waals surface area contributed by atoms with Crippen LogP contribution in [0.4, 0.5) is 5.82 Å². The third kappa shape index (κ3) is 2.58. The van der Waals surface area contributed by atoms with Gasteiger partial charge in [0.1, 0.15) is 22.5 Å². The number of pyridine rings is 1. The first-order valence-corrected chi connectivity index (χ1v) is 8.94. The van der Waals surface area contributed by atoms with Crippen molar-refractivity contribution < 1.29 is 4.74 Å². The van der Waals surface area contributed by atoms with Gasteiger partial charge in [0.05, 0.1) is 30.6 Å². The number of aromatic amines is 2. The van der Waals surface area contributed by atoms with Crippen LogP contribution >= 0.6 is 0 Å². The second-order valence-corrected chi connectivity index (χ2v) is 6.75. The molecule has 0 amide bonds. The Hall–Kier alpha value is -3.20. The lowest BCUT2D eigenvalue weighted by molar-refractivity contribution is 0.0986. The van der Waals surface area contributed by atoms with Crippen molar-refractivity contribution in [1.29, 1.82) is 0 Å². The van der Waals surface area contributed by atoms with Crippen molar-refractivity contribution in [3.8, 4) is 22.6 Å². The Morgan fingerprint density at radius 2 is 2.11 bits per heavy atom. The van der Waals surface area contributed by atoms with Crippen molar-refractivity contribution in [2.75, 3.05) is 24.7 Å². The van der Waals surface area contributed by atoms with E-state index < -0.39 is 0 Å². The average molecular weight is 364 g/mol. The van der Waals surface area contributed by atoms with E-state index in [0.29, 0.717) is 13.2 Å². The van der Waals surface area contributed by atoms with Gasteiger partial charge in [0.25, 0.3) is 0 Å². The Kier molecular flexibility index (Phi) is 3.68. The van der Waals surface area contributed by atoms with Gasteiger partial charge in [-0.15, -0.1) is 0 Å². The molecule has 138 valence electrons. The second-order valence-electron chi connectivity index (χ2n) is 6.75. The van der Waals surface area contributed by atoms with Gasteiger partial charge < -0.3 is 9.64 Å². The van der Waals surface area contributed by atoms with Gasteiger partial charge >= 0.3 is 0 Å². The number of aryl methyl sites for hydroxylation is 1. The Morgan fingerprint density at radius 1 is 1.19 bits per heavy atom. The number of fused-ring (bicyclic) bond motifs is 1. The van der Waals surface area contributed by atoms with Crippen molar-refractivity contribution in [2.45, 2.75) is 13.0 Å². The summed E-state index contributed by atoms with van der Waals surface area (Å²) in [4.78, 5) is 7.25. The van der Waals surface area contributed by atoms with Crippen LogP contribution in [0.1, 0.15) is 6.92 Å². The van der Waals surface area contributed by atoms with Gasteiger partial charge in [-0.3, -0.25) is 14.9 Å². The van der Waals surface area contributed by atoms with E-state index in [4.69, 9.17) is 9.72 Å². The largest absolute Gasteiger partial charge is 0.377 e. The minimum absolute atomic E-state index is 0.255. The van der Waals surface area contributed by atoms with E-state index in [1.807, 2.05) is 23.9 Å². The summed E-state index contributed by atoms with van der Waals surface area (Å²) in [6.07, 6.45) is 3.51. The number of anilines is 1. The van der Waals surface area contributed by atoms with Crippen LogP contribution in [0.3, 0.4) is 0 Å². The van der Waals surface area contributed by atoms with Gasteiger partial charge in [-0.05, 0) is 25.1 Å². The zero-order valence-corrected chi connectivity index (χ0v) is 15.2. The summed E-state index contributed by atoms with van der Waals surface area (Å²) in [6, 6.07) is 6.25. The van der Waals surface area contributed by atoms with Crippen LogP contribution in [-0.2, 0) is 11.8 Å². The van der Waals surface area contributed by atoms with Crippen molar-refractivity contribution in [3.05, 3.63) is 30.6 Å². The number of aromatic nitrogens is 7. The third-order valence-electron chi connectivity index (χ3n) is 5.02. The first kappa shape index (κ1) is 16.0. The Bertz CT molecular complexity index is 1080. The molecule has 27 heavy (non-hydrogen) atoms. The maximum atomic E-state index is 5.59. The number of ether oxygens (including phenoxy) is 1. The molecule has 0 unspecified atom stereocenters. The highest BCUT2D eigenvalue weighted by Gasteiger charge is 2.24. The van der Waals surface area contributed by atoms with Crippen molar-refractivity contribution in [2.24, 2.45) is 7.05 Å². The molecule has 0 radical (unpaired) electrons. The fourth-order valence-corrected chi connectivity index (χ4v) is 3.61. The SMILES string of the molecule is C[C@@H]1COCCN1c1cc(-c2ccnn2C)c2n[nH]c(-c3ccn[nH]3)c2n1. The summed E-state index contributed by atoms with van der Waals surface area (Å²) >= 11 is 0. The summed E-state index contributed by atoms with van der Waals surface area (Å²) < 4.78 is 7.45. The summed E-state index contributed by atoms with van der Waals surface area (Å²) in [6.45, 7) is 4.35. The highest BCUT2D eigenvalue weighted by atomic mass is 16.5. The van der Waals surface area contributed by atoms with Crippen LogP contribution in [0.2, 0.25) is 0 Å². The number of H-pyrrole nitrogens is 2. The average Bonchev–Trinajstić information content (AvgIpc) is 3.41. The molecule has 5 rings (SSSR count). The smallest absolute Gasteiger partial charge is 0.130 e. The van der Waals surface area contributed by atoms with Crippen LogP contribution in [-0.4, -0.2) is 61.0 Å². The molecule has 0 spiro atoms. The lowest BCUT2D eigenvalue weighted by Gasteiger charge is -2.34. The van der Waals surface area contributed by atoms with Gasteiger partial charge in [0.15, 0.2) is 0 Å². The van der Waals surface area contributed by atoms with Crippen LogP contribution < -0.4 is 4.90 Å². The van der Waals surface area contributed by atoms with E-state index in [9.17, 15) is 0 Å². The summed E-state index contributed by atoms with van der Waals surface area (Å²) in [7, 11) is 1.93. The molecule has 1 aliphatic heterocycles. The molecule has 4 aromatic rings. The quantitative estimate of drug-likeness (QED) is 0.576. The highest BCUT2D eigenvalue weighted by molar-refractivity contribution is 5.99. The van der Waals surface area contributed by atoms with E-state index in [1.165, 1.54) is 0 Å². The molecule has 1 fully saturated rings. The minimum atomic E-state index is 0.255. The van der Waals surface area contributed by atoms with Crippen LogP contribution in [0.5, 0.6) is 0 Å². The standard InChI is InChI=1S/C18H20N8O/c1-11-10-27-8-7-26(11)15-9-12(14-4-6-20-25(14)2)16-18(21-15)17(24-23-16)13-3-5-19-22-13/h3-6,9,11H,7-8,10H2,1-2H3,(H,19,22)(H,23,24)/t11-/m1/s1. The lowest BCUT2D eigenvalue weighted by Crippen LogP contribution is -2.44. The predicted molar refractivity (Wildman–Crippen MR) is 101 cm³/mol. The molecule has 9 nitrogen and oxygen atoms in total. The van der Waals surface area contributed by atoms with Crippen molar-refractivity contribution in [1.82, 2.24) is 35.2 Å². The molecule has 5 heterocycles. The van der Waals surface area contributed by atoms with E-state index in [2.05, 4.69) is 43.4 Å². The summed E-state index contributed by atoms with van der Waals surface area (Å²) in [5.41, 5.74) is 5.30. The molecule has 0 aromatic carbocycles. The number of nitrogens with one attached hydrogen (secondary N) is 2. The van der Waals surface area contributed by atoms with Gasteiger partial charge in [-0.25, -0.2) is 4.98 Å². The lowest BCUT2D eigenvalue weighted by atomic mass is 10.1. The molecule has 2 N–H and O–H groups in total. The third-order valence-corrected chi connectivity index (χ3v) is 5.02. The fraction of sp³-hybridized carbons (Fsp3) is 0.333.